The minimum Gasteiger partial charge on any atom is -0.308 e. The molecular formula is C65H39N7S. The molecule has 15 aromatic rings. The Hall–Kier alpha value is -9.63. The van der Waals surface area contributed by atoms with Gasteiger partial charge in [-0.15, -0.1) is 11.3 Å². The van der Waals surface area contributed by atoms with Gasteiger partial charge in [0.05, 0.1) is 33.3 Å². The summed E-state index contributed by atoms with van der Waals surface area (Å²) in [5.74, 6) is 2.24. The van der Waals surface area contributed by atoms with Gasteiger partial charge in [-0.2, -0.15) is 0 Å². The van der Waals surface area contributed by atoms with Gasteiger partial charge in [0, 0.05) is 86.3 Å². The molecule has 7 nitrogen and oxygen atoms in total. The average Bonchev–Trinajstić information content (AvgIpc) is 4.14. The molecule has 0 saturated carbocycles. The van der Waals surface area contributed by atoms with Gasteiger partial charge in [-0.1, -0.05) is 182 Å². The Morgan fingerprint density at radius 3 is 1.45 bits per heavy atom. The molecule has 0 aliphatic carbocycles. The minimum absolute atomic E-state index is 0.515. The Kier molecular flexibility index (Phi) is 9.30. The Bertz CT molecular complexity index is 4600. The molecule has 8 heteroatoms. The number of thiophene rings is 1. The lowest BCUT2D eigenvalue weighted by Gasteiger charge is -2.16. The number of rotatable bonds is 7. The standard InChI is InChI=1S/C65H39N7S/c1-5-21-40(22-6-1)58-46-29-13-17-33-51(46)66-64(67-58)45-38-37-44(39-50(45)65-69-62(41-23-7-2-8-24-41)68-63(70-65)42-25-9-3-10-26-42)72-53-35-19-15-31-48(53)56-59(72)55-47-30-14-18-34-52(47)71(43-27-11-4-12-28-43)60(55)57-49-32-16-20-36-54(49)73-61(56)57/h1-39H. The van der Waals surface area contributed by atoms with Crippen molar-refractivity contribution < 1.29 is 0 Å². The van der Waals surface area contributed by atoms with Crippen LogP contribution >= 0.6 is 11.3 Å². The number of nitrogens with zero attached hydrogens (tertiary/aromatic N) is 7. The molecule has 0 unspecified atom stereocenters. The lowest BCUT2D eigenvalue weighted by Crippen LogP contribution is -2.04. The highest BCUT2D eigenvalue weighted by Crippen LogP contribution is 2.51. The number of benzene rings is 10. The van der Waals surface area contributed by atoms with Gasteiger partial charge in [0.2, 0.25) is 0 Å². The second kappa shape index (κ2) is 16.5. The summed E-state index contributed by atoms with van der Waals surface area (Å²) < 4.78 is 7.46. The maximum absolute atomic E-state index is 5.45. The molecule has 0 aliphatic rings. The van der Waals surface area contributed by atoms with E-state index in [0.29, 0.717) is 23.3 Å². The van der Waals surface area contributed by atoms with Crippen LogP contribution in [0.15, 0.2) is 237 Å². The summed E-state index contributed by atoms with van der Waals surface area (Å²) >= 11 is 1.87. The normalized spacial score (nSPS) is 11.8. The van der Waals surface area contributed by atoms with Crippen molar-refractivity contribution in [3.05, 3.63) is 237 Å². The molecule has 0 atom stereocenters. The van der Waals surface area contributed by atoms with Crippen LogP contribution in [0.2, 0.25) is 0 Å². The zero-order valence-corrected chi connectivity index (χ0v) is 39.9. The third-order valence-corrected chi connectivity index (χ3v) is 15.3. The fourth-order valence-electron chi connectivity index (χ4n) is 11.0. The van der Waals surface area contributed by atoms with Gasteiger partial charge in [0.15, 0.2) is 23.3 Å². The largest absolute Gasteiger partial charge is 0.308 e. The minimum atomic E-state index is 0.515. The third-order valence-electron chi connectivity index (χ3n) is 14.2. The molecule has 10 aromatic carbocycles. The van der Waals surface area contributed by atoms with Crippen molar-refractivity contribution in [2.75, 3.05) is 0 Å². The maximum Gasteiger partial charge on any atom is 0.164 e. The lowest BCUT2D eigenvalue weighted by atomic mass is 10.0. The van der Waals surface area contributed by atoms with E-state index in [1.54, 1.807) is 0 Å². The summed E-state index contributed by atoms with van der Waals surface area (Å²) in [6.07, 6.45) is 0. The van der Waals surface area contributed by atoms with Crippen LogP contribution < -0.4 is 0 Å². The number of hydrogen-bond donors (Lipinski definition) is 0. The maximum atomic E-state index is 5.45. The average molecular weight is 950 g/mol. The molecule has 5 aromatic heterocycles. The highest BCUT2D eigenvalue weighted by Gasteiger charge is 2.28. The van der Waals surface area contributed by atoms with Crippen molar-refractivity contribution in [1.82, 2.24) is 34.1 Å². The first-order valence-corrected chi connectivity index (χ1v) is 25.2. The van der Waals surface area contributed by atoms with Crippen molar-refractivity contribution in [3.63, 3.8) is 0 Å². The molecule has 0 aliphatic heterocycles. The Labute approximate surface area is 422 Å². The van der Waals surface area contributed by atoms with E-state index in [4.69, 9.17) is 24.9 Å². The molecule has 0 fully saturated rings. The first kappa shape index (κ1) is 41.2. The van der Waals surface area contributed by atoms with Crippen LogP contribution in [0.25, 0.3) is 143 Å². The summed E-state index contributed by atoms with van der Waals surface area (Å²) in [6, 6.07) is 82.9. The fraction of sp³-hybridized carbons (Fsp3) is 0. The van der Waals surface area contributed by atoms with Gasteiger partial charge >= 0.3 is 0 Å². The number of para-hydroxylation sites is 4. The Morgan fingerprint density at radius 1 is 0.315 bits per heavy atom. The van der Waals surface area contributed by atoms with Crippen molar-refractivity contribution >= 4 is 86.0 Å². The van der Waals surface area contributed by atoms with Gasteiger partial charge < -0.3 is 9.13 Å². The summed E-state index contributed by atoms with van der Waals surface area (Å²) in [6.45, 7) is 0. The second-order valence-corrected chi connectivity index (χ2v) is 19.4. The Morgan fingerprint density at radius 2 is 0.795 bits per heavy atom. The lowest BCUT2D eigenvalue weighted by molar-refractivity contribution is 1.07. The van der Waals surface area contributed by atoms with E-state index < -0.39 is 0 Å². The van der Waals surface area contributed by atoms with Crippen LogP contribution in [-0.4, -0.2) is 34.1 Å². The summed E-state index contributed by atoms with van der Waals surface area (Å²) in [5.41, 5.74) is 12.7. The zero-order chi connectivity index (χ0) is 48.0. The van der Waals surface area contributed by atoms with E-state index in [0.717, 1.165) is 72.3 Å². The number of hydrogen-bond acceptors (Lipinski definition) is 6. The number of fused-ring (bicyclic) bond motifs is 13. The highest BCUT2D eigenvalue weighted by atomic mass is 32.1. The van der Waals surface area contributed by atoms with E-state index in [1.165, 1.54) is 47.2 Å². The Balaban J connectivity index is 1.10. The number of aromatic nitrogens is 7. The van der Waals surface area contributed by atoms with Crippen LogP contribution in [0.4, 0.5) is 0 Å². The van der Waals surface area contributed by atoms with Crippen molar-refractivity contribution in [1.29, 1.82) is 0 Å². The van der Waals surface area contributed by atoms with Crippen molar-refractivity contribution in [2.24, 2.45) is 0 Å². The first-order chi connectivity index (χ1) is 36.2. The smallest absolute Gasteiger partial charge is 0.164 e. The van der Waals surface area contributed by atoms with Gasteiger partial charge in [0.1, 0.15) is 0 Å². The fourth-order valence-corrected chi connectivity index (χ4v) is 12.3. The molecule has 0 N–H and O–H groups in total. The molecule has 73 heavy (non-hydrogen) atoms. The summed E-state index contributed by atoms with van der Waals surface area (Å²) in [5, 5.41) is 8.27. The summed E-state index contributed by atoms with van der Waals surface area (Å²) in [7, 11) is 0. The van der Waals surface area contributed by atoms with Crippen LogP contribution in [0, 0.1) is 0 Å². The molecule has 0 bridgehead atoms. The van der Waals surface area contributed by atoms with Crippen LogP contribution in [0.3, 0.4) is 0 Å². The van der Waals surface area contributed by atoms with Crippen molar-refractivity contribution in [2.45, 2.75) is 0 Å². The van der Waals surface area contributed by atoms with Gasteiger partial charge in [-0.25, -0.2) is 24.9 Å². The predicted molar refractivity (Wildman–Crippen MR) is 302 cm³/mol. The van der Waals surface area contributed by atoms with E-state index in [-0.39, 0.29) is 0 Å². The van der Waals surface area contributed by atoms with E-state index in [2.05, 4.69) is 167 Å². The van der Waals surface area contributed by atoms with Crippen LogP contribution in [0.1, 0.15) is 0 Å². The molecule has 340 valence electrons. The zero-order valence-electron chi connectivity index (χ0n) is 39.1. The molecular weight excluding hydrogens is 911 g/mol. The van der Waals surface area contributed by atoms with Crippen LogP contribution in [0.5, 0.6) is 0 Å². The predicted octanol–water partition coefficient (Wildman–Crippen LogP) is 16.7. The van der Waals surface area contributed by atoms with E-state index in [9.17, 15) is 0 Å². The van der Waals surface area contributed by atoms with E-state index in [1.807, 2.05) is 90.2 Å². The highest BCUT2D eigenvalue weighted by molar-refractivity contribution is 7.27. The third kappa shape index (κ3) is 6.47. The van der Waals surface area contributed by atoms with Crippen molar-refractivity contribution in [3.8, 4) is 68.2 Å². The summed E-state index contributed by atoms with van der Waals surface area (Å²) in [4.78, 5) is 26.7. The van der Waals surface area contributed by atoms with Crippen LogP contribution in [-0.2, 0) is 0 Å². The first-order valence-electron chi connectivity index (χ1n) is 24.4. The molecule has 0 amide bonds. The van der Waals surface area contributed by atoms with Gasteiger partial charge in [0.25, 0.3) is 0 Å². The quantitative estimate of drug-likeness (QED) is 0.159. The molecule has 0 saturated heterocycles. The molecule has 0 spiro atoms. The monoisotopic (exact) mass is 949 g/mol. The topological polar surface area (TPSA) is 74.3 Å². The molecule has 0 radical (unpaired) electrons. The SMILES string of the molecule is c1ccc(-c2nc(-c3ccccc3)nc(-c3cc(-n4c5ccccc5c5c6sc7ccccc7c6c6c(c7ccccc7n6-c6ccccc6)c54)ccc3-c3nc(-c4ccccc4)c4ccccc4n3)n2)cc1. The molecule has 15 rings (SSSR count). The van der Waals surface area contributed by atoms with Gasteiger partial charge in [-0.05, 0) is 54.6 Å². The van der Waals surface area contributed by atoms with E-state index >= 15 is 0 Å². The van der Waals surface area contributed by atoms with Gasteiger partial charge in [-0.3, -0.25) is 0 Å². The molecule has 5 heterocycles. The second-order valence-electron chi connectivity index (χ2n) is 18.3.